The number of aryl methyl sites for hydroxylation is 2. The molecule has 136 valence electrons. The lowest BCUT2D eigenvalue weighted by atomic mass is 10.1. The summed E-state index contributed by atoms with van der Waals surface area (Å²) >= 11 is 11.8. The van der Waals surface area contributed by atoms with Gasteiger partial charge in [-0.1, -0.05) is 6.07 Å². The van der Waals surface area contributed by atoms with E-state index in [0.29, 0.717) is 11.8 Å². The molecule has 1 heterocycles. The monoisotopic (exact) mass is 388 g/mol. The normalized spacial score (nSPS) is 11.5. The van der Waals surface area contributed by atoms with Gasteiger partial charge in [0, 0.05) is 36.8 Å². The number of benzene rings is 2. The van der Waals surface area contributed by atoms with Gasteiger partial charge in [-0.25, -0.2) is 4.98 Å². The largest absolute Gasteiger partial charge is 0.369 e. The lowest BCUT2D eigenvalue weighted by Crippen LogP contribution is -2.27. The fourth-order valence-electron chi connectivity index (χ4n) is 2.93. The van der Waals surface area contributed by atoms with E-state index in [9.17, 15) is 0 Å². The van der Waals surface area contributed by atoms with Gasteiger partial charge in [-0.3, -0.25) is 4.99 Å². The standard InChI is InChI=1S/C20H22Cl2N4/c1-14-11-18(26(9-7-21)10-8-22)5-3-16(14)13-23-17-4-6-19-20(12-17)25-15(2)24-19/h3-6,11-13H,7-10H2,1-2H3,(H,24,25). The summed E-state index contributed by atoms with van der Waals surface area (Å²) in [7, 11) is 0. The molecule has 0 aliphatic carbocycles. The van der Waals surface area contributed by atoms with Crippen LogP contribution >= 0.6 is 23.2 Å². The Hall–Kier alpha value is -2.04. The molecule has 0 saturated heterocycles. The molecule has 26 heavy (non-hydrogen) atoms. The molecule has 3 aromatic rings. The number of halogens is 2. The predicted molar refractivity (Wildman–Crippen MR) is 113 cm³/mol. The summed E-state index contributed by atoms with van der Waals surface area (Å²) in [5, 5.41) is 0. The van der Waals surface area contributed by atoms with E-state index in [1.54, 1.807) is 0 Å². The maximum Gasteiger partial charge on any atom is 0.104 e. The first-order chi connectivity index (χ1) is 12.6. The number of nitrogens with zero attached hydrogens (tertiary/aromatic N) is 3. The number of nitrogens with one attached hydrogen (secondary N) is 1. The van der Waals surface area contributed by atoms with Gasteiger partial charge in [0.15, 0.2) is 0 Å². The molecule has 0 aliphatic rings. The molecular formula is C20H22Cl2N4. The molecule has 0 aliphatic heterocycles. The molecule has 3 rings (SSSR count). The van der Waals surface area contributed by atoms with Gasteiger partial charge in [0.25, 0.3) is 0 Å². The van der Waals surface area contributed by atoms with E-state index >= 15 is 0 Å². The van der Waals surface area contributed by atoms with E-state index in [1.807, 2.05) is 31.3 Å². The molecular weight excluding hydrogens is 367 g/mol. The number of alkyl halides is 2. The molecule has 0 unspecified atom stereocenters. The average molecular weight is 389 g/mol. The number of imidazole rings is 1. The van der Waals surface area contributed by atoms with Crippen molar-refractivity contribution in [3.63, 3.8) is 0 Å². The highest BCUT2D eigenvalue weighted by molar-refractivity contribution is 6.18. The SMILES string of the molecule is Cc1nc2ccc(N=Cc3ccc(N(CCCl)CCCl)cc3C)cc2[nH]1. The molecule has 0 amide bonds. The predicted octanol–water partition coefficient (Wildman–Crippen LogP) is 5.21. The second kappa shape index (κ2) is 8.56. The van der Waals surface area contributed by atoms with Crippen molar-refractivity contribution in [3.05, 3.63) is 53.3 Å². The Labute approximate surface area is 163 Å². The summed E-state index contributed by atoms with van der Waals surface area (Å²) in [6.45, 7) is 5.60. The fraction of sp³-hybridized carbons (Fsp3) is 0.300. The molecule has 0 atom stereocenters. The van der Waals surface area contributed by atoms with E-state index in [1.165, 1.54) is 5.56 Å². The average Bonchev–Trinajstić information content (AvgIpc) is 2.99. The van der Waals surface area contributed by atoms with Crippen LogP contribution in [0.15, 0.2) is 41.4 Å². The number of anilines is 1. The topological polar surface area (TPSA) is 44.3 Å². The summed E-state index contributed by atoms with van der Waals surface area (Å²) in [4.78, 5) is 14.5. The van der Waals surface area contributed by atoms with Crippen molar-refractivity contribution >= 4 is 51.8 Å². The summed E-state index contributed by atoms with van der Waals surface area (Å²) in [6, 6.07) is 12.3. The molecule has 0 saturated carbocycles. The van der Waals surface area contributed by atoms with E-state index in [4.69, 9.17) is 23.2 Å². The van der Waals surface area contributed by atoms with Crippen LogP contribution in [0, 0.1) is 13.8 Å². The van der Waals surface area contributed by atoms with Crippen molar-refractivity contribution in [1.29, 1.82) is 0 Å². The Balaban J connectivity index is 1.81. The minimum atomic E-state index is 0.578. The Morgan fingerprint density at radius 2 is 1.85 bits per heavy atom. The Morgan fingerprint density at radius 1 is 1.08 bits per heavy atom. The molecule has 0 fully saturated rings. The quantitative estimate of drug-likeness (QED) is 0.445. The first kappa shape index (κ1) is 18.7. The van der Waals surface area contributed by atoms with Crippen LogP contribution in [0.25, 0.3) is 11.0 Å². The fourth-order valence-corrected chi connectivity index (χ4v) is 3.33. The van der Waals surface area contributed by atoms with Crippen LogP contribution in [0.2, 0.25) is 0 Å². The van der Waals surface area contributed by atoms with E-state index < -0.39 is 0 Å². The van der Waals surface area contributed by atoms with Gasteiger partial charge < -0.3 is 9.88 Å². The number of aliphatic imine (C=N–C) groups is 1. The number of aromatic amines is 1. The van der Waals surface area contributed by atoms with Crippen LogP contribution in [-0.2, 0) is 0 Å². The lowest BCUT2D eigenvalue weighted by Gasteiger charge is -2.23. The van der Waals surface area contributed by atoms with Gasteiger partial charge in [-0.2, -0.15) is 0 Å². The van der Waals surface area contributed by atoms with Crippen molar-refractivity contribution < 1.29 is 0 Å². The summed E-state index contributed by atoms with van der Waals surface area (Å²) in [6.07, 6.45) is 1.90. The van der Waals surface area contributed by atoms with Crippen molar-refractivity contribution in [2.75, 3.05) is 29.7 Å². The zero-order valence-electron chi connectivity index (χ0n) is 15.0. The van der Waals surface area contributed by atoms with E-state index in [-0.39, 0.29) is 0 Å². The maximum atomic E-state index is 5.90. The van der Waals surface area contributed by atoms with Gasteiger partial charge in [-0.05, 0) is 55.3 Å². The van der Waals surface area contributed by atoms with Gasteiger partial charge in [0.2, 0.25) is 0 Å². The maximum absolute atomic E-state index is 5.90. The van der Waals surface area contributed by atoms with Crippen LogP contribution in [0.4, 0.5) is 11.4 Å². The minimum Gasteiger partial charge on any atom is -0.369 e. The Morgan fingerprint density at radius 3 is 2.54 bits per heavy atom. The van der Waals surface area contributed by atoms with E-state index in [0.717, 1.165) is 46.9 Å². The molecule has 6 heteroatoms. The number of aromatic nitrogens is 2. The first-order valence-electron chi connectivity index (χ1n) is 8.58. The third kappa shape index (κ3) is 4.37. The second-order valence-electron chi connectivity index (χ2n) is 6.19. The van der Waals surface area contributed by atoms with Crippen LogP contribution < -0.4 is 4.90 Å². The highest BCUT2D eigenvalue weighted by atomic mass is 35.5. The highest BCUT2D eigenvalue weighted by Crippen LogP contribution is 2.22. The molecule has 0 spiro atoms. The van der Waals surface area contributed by atoms with Crippen LogP contribution in [0.3, 0.4) is 0 Å². The van der Waals surface area contributed by atoms with Gasteiger partial charge in [-0.15, -0.1) is 23.2 Å². The van der Waals surface area contributed by atoms with Crippen molar-refractivity contribution in [1.82, 2.24) is 9.97 Å². The van der Waals surface area contributed by atoms with Crippen molar-refractivity contribution in [2.24, 2.45) is 4.99 Å². The Bertz CT molecular complexity index is 911. The lowest BCUT2D eigenvalue weighted by molar-refractivity contribution is 0.873. The van der Waals surface area contributed by atoms with Gasteiger partial charge in [0.1, 0.15) is 5.82 Å². The zero-order chi connectivity index (χ0) is 18.5. The smallest absolute Gasteiger partial charge is 0.104 e. The summed E-state index contributed by atoms with van der Waals surface area (Å²) in [5.74, 6) is 2.06. The van der Waals surface area contributed by atoms with Gasteiger partial charge in [0.05, 0.1) is 16.7 Å². The number of rotatable bonds is 7. The van der Waals surface area contributed by atoms with Crippen molar-refractivity contribution in [3.8, 4) is 0 Å². The third-order valence-electron chi connectivity index (χ3n) is 4.26. The molecule has 0 radical (unpaired) electrons. The van der Waals surface area contributed by atoms with Crippen molar-refractivity contribution in [2.45, 2.75) is 13.8 Å². The van der Waals surface area contributed by atoms with Crippen LogP contribution in [-0.4, -0.2) is 41.0 Å². The number of H-pyrrole nitrogens is 1. The third-order valence-corrected chi connectivity index (χ3v) is 4.60. The highest BCUT2D eigenvalue weighted by Gasteiger charge is 2.07. The second-order valence-corrected chi connectivity index (χ2v) is 6.94. The van der Waals surface area contributed by atoms with E-state index in [2.05, 4.69) is 45.0 Å². The molecule has 1 N–H and O–H groups in total. The summed E-state index contributed by atoms with van der Waals surface area (Å²) < 4.78 is 0. The zero-order valence-corrected chi connectivity index (χ0v) is 16.5. The molecule has 4 nitrogen and oxygen atoms in total. The molecule has 2 aromatic carbocycles. The van der Waals surface area contributed by atoms with Crippen LogP contribution in [0.1, 0.15) is 17.0 Å². The number of fused-ring (bicyclic) bond motifs is 1. The molecule has 0 bridgehead atoms. The number of hydrogen-bond acceptors (Lipinski definition) is 3. The first-order valence-corrected chi connectivity index (χ1v) is 9.65. The van der Waals surface area contributed by atoms with Gasteiger partial charge >= 0.3 is 0 Å². The Kier molecular flexibility index (Phi) is 6.17. The summed E-state index contributed by atoms with van der Waals surface area (Å²) in [5.41, 5.74) is 6.25. The molecule has 1 aromatic heterocycles. The number of hydrogen-bond donors (Lipinski definition) is 1. The van der Waals surface area contributed by atoms with Crippen LogP contribution in [0.5, 0.6) is 0 Å². The minimum absolute atomic E-state index is 0.578.